The maximum absolute atomic E-state index is 15.3. The number of fused-ring (bicyclic) bond motifs is 8. The topological polar surface area (TPSA) is 106 Å². The quantitative estimate of drug-likeness (QED) is 0.0802. The number of pyridine rings is 2. The number of benzene rings is 2. The van der Waals surface area contributed by atoms with Crippen molar-refractivity contribution in [2.24, 2.45) is 0 Å². The van der Waals surface area contributed by atoms with E-state index in [-0.39, 0.29) is 39.4 Å². The van der Waals surface area contributed by atoms with Crippen molar-refractivity contribution in [2.45, 2.75) is 107 Å². The first-order valence-electron chi connectivity index (χ1n) is 26.8. The molecule has 8 aliphatic rings. The molecular weight excluding hydrogens is 1480 g/mol. The van der Waals surface area contributed by atoms with Gasteiger partial charge in [0.2, 0.25) is 0 Å². The smallest absolute Gasteiger partial charge is 0.869 e. The van der Waals surface area contributed by atoms with E-state index in [2.05, 4.69) is 9.97 Å². The van der Waals surface area contributed by atoms with Gasteiger partial charge in [-0.2, -0.15) is 105 Å². The predicted molar refractivity (Wildman–Crippen MR) is 305 cm³/mol. The molecule has 4 atom stereocenters. The predicted octanol–water partition coefficient (Wildman–Crippen LogP) is 17.8. The summed E-state index contributed by atoms with van der Waals surface area (Å²) in [5.41, 5.74) is -2.93. The van der Waals surface area contributed by atoms with Gasteiger partial charge in [0.25, 0.3) is 11.6 Å². The van der Waals surface area contributed by atoms with Crippen LogP contribution in [0, 0.1) is 0 Å². The Kier molecular flexibility index (Phi) is 19.5. The molecule has 2 aromatic carbocycles. The van der Waals surface area contributed by atoms with Gasteiger partial charge in [-0.25, -0.2) is 0 Å². The Morgan fingerprint density at radius 3 is 0.763 bits per heavy atom. The first kappa shape index (κ1) is 76.1. The molecule has 0 bridgehead atoms. The molecule has 521 valence electrons. The van der Waals surface area contributed by atoms with E-state index in [0.717, 1.165) is 0 Å². The third-order valence-corrected chi connectivity index (χ3v) is 23.0. The summed E-state index contributed by atoms with van der Waals surface area (Å²) in [6, 6.07) is 24.5. The van der Waals surface area contributed by atoms with Crippen LogP contribution < -0.4 is 10.2 Å². The zero-order valence-corrected chi connectivity index (χ0v) is 52.6. The second-order valence-corrected chi connectivity index (χ2v) is 28.0. The molecule has 0 unspecified atom stereocenters. The van der Waals surface area contributed by atoms with E-state index in [1.165, 1.54) is 96.1 Å². The maximum Gasteiger partial charge on any atom is 2.00 e. The van der Waals surface area contributed by atoms with Crippen LogP contribution in [0.15, 0.2) is 202 Å². The number of carbonyl (C=O) groups excluding carboxylic acids is 2. The largest absolute Gasteiger partial charge is 2.00 e. The number of hydrogen-bond acceptors (Lipinski definition) is 10. The number of alkyl halides is 24. The fraction of sp³-hybridized carbons (Fsp3) is 0.290. The molecule has 0 spiro atoms. The fourth-order valence-corrected chi connectivity index (χ4v) is 17.5. The Bertz CT molecular complexity index is 3720. The number of allylic oxidation sites excluding steroid dienone is 12. The summed E-state index contributed by atoms with van der Waals surface area (Å²) < 4.78 is 312. The van der Waals surface area contributed by atoms with E-state index >= 15 is 35.1 Å². The van der Waals surface area contributed by atoms with Gasteiger partial charge in [0.05, 0.1) is 19.0 Å². The van der Waals surface area contributed by atoms with Crippen molar-refractivity contribution in [1.82, 2.24) is 9.97 Å². The maximum atomic E-state index is 15.3. The molecular formula is C62H36CuF24N2O4S4. The number of thioether (sulfide) groups is 4. The van der Waals surface area contributed by atoms with Gasteiger partial charge in [-0.05, 0) is 144 Å². The molecule has 2 fully saturated rings. The van der Waals surface area contributed by atoms with Gasteiger partial charge in [0.1, 0.15) is 0 Å². The summed E-state index contributed by atoms with van der Waals surface area (Å²) in [6.45, 7) is 6.73. The van der Waals surface area contributed by atoms with Gasteiger partial charge in [0, 0.05) is 66.7 Å². The average molecular weight is 1520 g/mol. The van der Waals surface area contributed by atoms with Crippen LogP contribution in [0.5, 0.6) is 0 Å². The fourth-order valence-electron chi connectivity index (χ4n) is 11.2. The van der Waals surface area contributed by atoms with Gasteiger partial charge in [-0.3, -0.25) is 19.6 Å². The molecule has 35 heteroatoms. The molecule has 2 aromatic heterocycles. The van der Waals surface area contributed by atoms with Crippen LogP contribution in [0.4, 0.5) is 105 Å². The molecule has 0 saturated heterocycles. The number of ketones is 2. The Hall–Kier alpha value is -6.68. The summed E-state index contributed by atoms with van der Waals surface area (Å²) >= 11 is 4.98. The number of hydrogen-bond donors (Lipinski definition) is 0. The minimum Gasteiger partial charge on any atom is -0.869 e. The van der Waals surface area contributed by atoms with E-state index in [0.29, 0.717) is 41.9 Å². The third kappa shape index (κ3) is 12.3. The Balaban J connectivity index is 0.000000182. The van der Waals surface area contributed by atoms with Crippen LogP contribution in [-0.4, -0.2) is 101 Å². The molecule has 4 aliphatic carbocycles. The van der Waals surface area contributed by atoms with Crippen LogP contribution in [0.1, 0.15) is 49.9 Å². The van der Waals surface area contributed by atoms with Gasteiger partial charge in [-0.1, -0.05) is 60.7 Å². The number of carbonyl (C=O) groups is 2. The molecule has 1 radical (unpaired) electrons. The van der Waals surface area contributed by atoms with Gasteiger partial charge in [0.15, 0.2) is 0 Å². The van der Waals surface area contributed by atoms with Crippen molar-refractivity contribution >= 4 is 78.2 Å². The van der Waals surface area contributed by atoms with E-state index in [4.69, 9.17) is 0 Å². The van der Waals surface area contributed by atoms with Crippen molar-refractivity contribution in [3.8, 4) is 0 Å². The molecule has 2 saturated carbocycles. The molecule has 6 heterocycles. The van der Waals surface area contributed by atoms with Crippen molar-refractivity contribution in [3.05, 3.63) is 225 Å². The van der Waals surface area contributed by atoms with E-state index in [9.17, 15) is 90.0 Å². The molecule has 12 rings (SSSR count). The second kappa shape index (κ2) is 24.9. The van der Waals surface area contributed by atoms with Crippen LogP contribution in [0.25, 0.3) is 19.6 Å². The molecule has 97 heavy (non-hydrogen) atoms. The number of nitrogens with zero attached hydrogens (tertiary/aromatic N) is 2. The van der Waals surface area contributed by atoms with Crippen LogP contribution in [0.2, 0.25) is 0 Å². The Morgan fingerprint density at radius 1 is 0.361 bits per heavy atom. The SMILES string of the molecule is C[C@@]12SC(c3ccccc3)=CC1=C1C(=C3C=C(c4ccncc4)S[C@]32C)C(F)(F)C(F)(F)C1(F)F.C[C@]12SC(c3ccccc3)=CC1=C1C(=C3C=C(c4ccncc4)S[C@@]32C)C(F)(F)C(F)(F)C1(F)F.O=C(/C=C(\[O-])C(F)(F)F)C(F)(F)F.O=C(/C=C(\[O-])C(F)(F)F)C(F)(F)F.[Cu+2]. The molecule has 0 amide bonds. The normalized spacial score (nSPS) is 26.7. The van der Waals surface area contributed by atoms with Gasteiger partial charge < -0.3 is 10.2 Å². The number of rotatable bonds is 6. The molecule has 0 N–H and O–H groups in total. The molecule has 4 aliphatic heterocycles. The zero-order chi connectivity index (χ0) is 71.8. The van der Waals surface area contributed by atoms with Crippen LogP contribution >= 0.6 is 47.0 Å². The van der Waals surface area contributed by atoms with E-state index in [1.807, 2.05) is 0 Å². The number of aromatic nitrogens is 2. The molecule has 4 aromatic rings. The van der Waals surface area contributed by atoms with Crippen molar-refractivity contribution in [2.75, 3.05) is 0 Å². The van der Waals surface area contributed by atoms with Crippen LogP contribution in [-0.2, 0) is 26.7 Å². The van der Waals surface area contributed by atoms with Crippen molar-refractivity contribution in [1.29, 1.82) is 0 Å². The first-order valence-corrected chi connectivity index (χ1v) is 30.1. The monoisotopic (exact) mass is 1520 g/mol. The molecule has 6 nitrogen and oxygen atoms in total. The minimum atomic E-state index is -5.55. The van der Waals surface area contributed by atoms with Gasteiger partial charge in [-0.15, -0.1) is 47.0 Å². The Labute approximate surface area is 559 Å². The summed E-state index contributed by atoms with van der Waals surface area (Å²) in [5.74, 6) is -42.5. The Morgan fingerprint density at radius 2 is 0.567 bits per heavy atom. The summed E-state index contributed by atoms with van der Waals surface area (Å²) in [7, 11) is 0. The zero-order valence-electron chi connectivity index (χ0n) is 48.4. The van der Waals surface area contributed by atoms with Crippen molar-refractivity contribution in [3.63, 3.8) is 0 Å². The summed E-state index contributed by atoms with van der Waals surface area (Å²) in [6.07, 6.45) is -12.2. The number of halogens is 24. The summed E-state index contributed by atoms with van der Waals surface area (Å²) in [4.78, 5) is 29.8. The third-order valence-electron chi connectivity index (χ3n) is 16.3. The van der Waals surface area contributed by atoms with Gasteiger partial charge >= 0.3 is 77.3 Å². The standard InChI is InChI=1S/2C26H17F6NS2.2C5H2F6O2.Cu/c2*1-22-16(12-18(34-22)14-6-4-3-5-7-14)20-21(25(29,30)26(31,32)24(20,27)28)17-13-19(35-23(17,22)2)15-8-10-33-11-9-15;2*6-4(7,8)2(12)1-3(13)5(9,10)11;/h2*3-13H,1-2H3;2*1,12H;/q;;;;+2/p-2/b;;2*2-1-;/t2*22-,23-;;;/m10.../s1. The van der Waals surface area contributed by atoms with E-state index < -0.39 is 137 Å². The minimum absolute atomic E-state index is 0. The first-order chi connectivity index (χ1) is 43.8. The van der Waals surface area contributed by atoms with Crippen LogP contribution in [0.3, 0.4) is 0 Å². The summed E-state index contributed by atoms with van der Waals surface area (Å²) in [5, 5.41) is 19.6. The van der Waals surface area contributed by atoms with Crippen molar-refractivity contribution < 1.29 is 142 Å². The second-order valence-electron chi connectivity index (χ2n) is 22.1. The van der Waals surface area contributed by atoms with E-state index in [1.54, 1.807) is 113 Å². The average Bonchev–Trinajstić information content (AvgIpc) is 1.50.